The van der Waals surface area contributed by atoms with E-state index in [1.54, 1.807) is 12.1 Å². The van der Waals surface area contributed by atoms with Crippen molar-refractivity contribution in [3.8, 4) is 5.75 Å². The van der Waals surface area contributed by atoms with Crippen LogP contribution in [0, 0.1) is 6.92 Å². The number of rotatable bonds is 5. The molecule has 0 spiro atoms. The van der Waals surface area contributed by atoms with Crippen LogP contribution in [0.25, 0.3) is 10.9 Å². The number of carbonyl (C=O) groups is 1. The third-order valence-corrected chi connectivity index (χ3v) is 4.02. The number of nitrogens with one attached hydrogen (secondary N) is 1. The Balaban J connectivity index is 1.71. The van der Waals surface area contributed by atoms with E-state index in [-0.39, 0.29) is 24.2 Å². The standard InChI is InChI=1S/C19H16F3N3O3/c1-12-5-4-6-13-17(12)23-11-25(18(13)27)10-9-16(26)24-14-7-2-3-8-15(14)28-19(20,21)22/h2-8,11H,9-10H2,1H3,(H,24,26). The molecule has 0 aliphatic heterocycles. The van der Waals surface area contributed by atoms with Gasteiger partial charge in [0.15, 0.2) is 5.75 Å². The second-order valence-corrected chi connectivity index (χ2v) is 6.06. The number of nitrogens with zero attached hydrogens (tertiary/aromatic N) is 2. The molecule has 28 heavy (non-hydrogen) atoms. The van der Waals surface area contributed by atoms with Crippen molar-refractivity contribution < 1.29 is 22.7 Å². The largest absolute Gasteiger partial charge is 0.573 e. The van der Waals surface area contributed by atoms with E-state index in [1.807, 2.05) is 13.0 Å². The molecule has 1 N–H and O–H groups in total. The van der Waals surface area contributed by atoms with Crippen LogP contribution < -0.4 is 15.6 Å². The highest BCUT2D eigenvalue weighted by Crippen LogP contribution is 2.29. The van der Waals surface area contributed by atoms with Gasteiger partial charge in [-0.05, 0) is 30.7 Å². The Kier molecular flexibility index (Phi) is 5.34. The van der Waals surface area contributed by atoms with Crippen molar-refractivity contribution in [2.75, 3.05) is 5.32 Å². The van der Waals surface area contributed by atoms with E-state index in [0.29, 0.717) is 10.9 Å². The SMILES string of the molecule is Cc1cccc2c(=O)n(CCC(=O)Nc3ccccc3OC(F)(F)F)cnc12. The van der Waals surface area contributed by atoms with Crippen LogP contribution in [0.2, 0.25) is 0 Å². The van der Waals surface area contributed by atoms with Gasteiger partial charge in [-0.25, -0.2) is 4.98 Å². The first-order valence-electron chi connectivity index (χ1n) is 8.34. The molecular formula is C19H16F3N3O3. The summed E-state index contributed by atoms with van der Waals surface area (Å²) < 4.78 is 42.5. The fraction of sp³-hybridized carbons (Fsp3) is 0.211. The lowest BCUT2D eigenvalue weighted by molar-refractivity contribution is -0.274. The van der Waals surface area contributed by atoms with Gasteiger partial charge in [0.25, 0.3) is 5.56 Å². The zero-order valence-corrected chi connectivity index (χ0v) is 14.8. The van der Waals surface area contributed by atoms with Crippen LogP contribution in [-0.4, -0.2) is 21.8 Å². The Morgan fingerprint density at radius 1 is 1.18 bits per heavy atom. The topological polar surface area (TPSA) is 73.2 Å². The molecule has 0 aliphatic rings. The summed E-state index contributed by atoms with van der Waals surface area (Å²) >= 11 is 0. The van der Waals surface area contributed by atoms with Crippen molar-refractivity contribution in [1.82, 2.24) is 9.55 Å². The van der Waals surface area contributed by atoms with Crippen LogP contribution >= 0.6 is 0 Å². The molecule has 0 bridgehead atoms. The van der Waals surface area contributed by atoms with Crippen molar-refractivity contribution in [1.29, 1.82) is 0 Å². The van der Waals surface area contributed by atoms with Crippen LogP contribution in [0.3, 0.4) is 0 Å². The number of ether oxygens (including phenoxy) is 1. The van der Waals surface area contributed by atoms with Gasteiger partial charge in [0.1, 0.15) is 0 Å². The molecule has 1 aromatic heterocycles. The summed E-state index contributed by atoms with van der Waals surface area (Å²) in [5, 5.41) is 2.81. The summed E-state index contributed by atoms with van der Waals surface area (Å²) in [6.07, 6.45) is -3.64. The molecule has 2 aromatic carbocycles. The summed E-state index contributed by atoms with van der Waals surface area (Å²) in [5.41, 5.74) is 1.05. The molecule has 0 fully saturated rings. The summed E-state index contributed by atoms with van der Waals surface area (Å²) in [7, 11) is 0. The average Bonchev–Trinajstić information content (AvgIpc) is 2.62. The molecule has 0 saturated carbocycles. The van der Waals surface area contributed by atoms with Gasteiger partial charge in [-0.3, -0.25) is 14.2 Å². The lowest BCUT2D eigenvalue weighted by Crippen LogP contribution is -2.24. The molecule has 146 valence electrons. The molecule has 0 atom stereocenters. The van der Waals surface area contributed by atoms with Gasteiger partial charge in [-0.2, -0.15) is 0 Å². The lowest BCUT2D eigenvalue weighted by Gasteiger charge is -2.14. The highest BCUT2D eigenvalue weighted by molar-refractivity contribution is 5.92. The average molecular weight is 391 g/mol. The van der Waals surface area contributed by atoms with Crippen molar-refractivity contribution >= 4 is 22.5 Å². The number of halogens is 3. The molecule has 0 unspecified atom stereocenters. The molecule has 0 aliphatic carbocycles. The predicted molar refractivity (Wildman–Crippen MR) is 97.1 cm³/mol. The number of fused-ring (bicyclic) bond motifs is 1. The number of hydrogen-bond acceptors (Lipinski definition) is 4. The minimum Gasteiger partial charge on any atom is -0.404 e. The summed E-state index contributed by atoms with van der Waals surface area (Å²) in [4.78, 5) is 28.9. The Bertz CT molecular complexity index is 1080. The van der Waals surface area contributed by atoms with Crippen LogP contribution in [0.15, 0.2) is 53.6 Å². The summed E-state index contributed by atoms with van der Waals surface area (Å²) in [5.74, 6) is -1.07. The maximum absolute atomic E-state index is 12.5. The number of hydrogen-bond donors (Lipinski definition) is 1. The van der Waals surface area contributed by atoms with E-state index < -0.39 is 18.0 Å². The zero-order chi connectivity index (χ0) is 20.3. The highest BCUT2D eigenvalue weighted by atomic mass is 19.4. The smallest absolute Gasteiger partial charge is 0.404 e. The zero-order valence-electron chi connectivity index (χ0n) is 14.8. The van der Waals surface area contributed by atoms with Gasteiger partial charge in [0.2, 0.25) is 5.91 Å². The monoisotopic (exact) mass is 391 g/mol. The van der Waals surface area contributed by atoms with Gasteiger partial charge in [-0.1, -0.05) is 24.3 Å². The fourth-order valence-corrected chi connectivity index (χ4v) is 2.72. The number of aromatic nitrogens is 2. The van der Waals surface area contributed by atoms with Gasteiger partial charge in [-0.15, -0.1) is 13.2 Å². The Hall–Kier alpha value is -3.36. The second kappa shape index (κ2) is 7.71. The van der Waals surface area contributed by atoms with Crippen molar-refractivity contribution in [2.45, 2.75) is 26.3 Å². The number of alkyl halides is 3. The van der Waals surface area contributed by atoms with Gasteiger partial charge >= 0.3 is 6.36 Å². The quantitative estimate of drug-likeness (QED) is 0.721. The normalized spacial score (nSPS) is 11.4. The predicted octanol–water partition coefficient (Wildman–Crippen LogP) is 3.63. The number of amides is 1. The highest BCUT2D eigenvalue weighted by Gasteiger charge is 2.32. The Morgan fingerprint density at radius 2 is 1.93 bits per heavy atom. The van der Waals surface area contributed by atoms with Crippen LogP contribution in [-0.2, 0) is 11.3 Å². The van der Waals surface area contributed by atoms with Crippen molar-refractivity contribution in [2.24, 2.45) is 0 Å². The number of anilines is 1. The molecule has 0 radical (unpaired) electrons. The first-order valence-corrected chi connectivity index (χ1v) is 8.34. The summed E-state index contributed by atoms with van der Waals surface area (Å²) in [6.45, 7) is 1.87. The van der Waals surface area contributed by atoms with Gasteiger partial charge in [0, 0.05) is 13.0 Å². The molecule has 9 heteroatoms. The minimum atomic E-state index is -4.87. The van der Waals surface area contributed by atoms with Crippen molar-refractivity contribution in [3.63, 3.8) is 0 Å². The first-order chi connectivity index (χ1) is 13.2. The Labute approximate surface area is 157 Å². The Morgan fingerprint density at radius 3 is 2.68 bits per heavy atom. The molecule has 1 amide bonds. The van der Waals surface area contributed by atoms with Crippen LogP contribution in [0.4, 0.5) is 18.9 Å². The maximum atomic E-state index is 12.5. The van der Waals surface area contributed by atoms with E-state index >= 15 is 0 Å². The fourth-order valence-electron chi connectivity index (χ4n) is 2.72. The van der Waals surface area contributed by atoms with E-state index in [9.17, 15) is 22.8 Å². The second-order valence-electron chi connectivity index (χ2n) is 6.06. The third kappa shape index (κ3) is 4.48. The van der Waals surface area contributed by atoms with Gasteiger partial charge in [0.05, 0.1) is 22.9 Å². The third-order valence-electron chi connectivity index (χ3n) is 4.02. The summed E-state index contributed by atoms with van der Waals surface area (Å²) in [6, 6.07) is 10.5. The molecule has 3 aromatic rings. The van der Waals surface area contributed by atoms with Gasteiger partial charge < -0.3 is 10.1 Å². The minimum absolute atomic E-state index is 0.0316. The van der Waals surface area contributed by atoms with Crippen molar-refractivity contribution in [3.05, 3.63) is 64.7 Å². The molecular weight excluding hydrogens is 375 g/mol. The number of para-hydroxylation sites is 3. The van der Waals surface area contributed by atoms with E-state index in [1.165, 1.54) is 29.1 Å². The van der Waals surface area contributed by atoms with E-state index in [2.05, 4.69) is 15.0 Å². The van der Waals surface area contributed by atoms with Crippen LogP contribution in [0.5, 0.6) is 5.75 Å². The molecule has 3 rings (SSSR count). The van der Waals surface area contributed by atoms with E-state index in [0.717, 1.165) is 11.6 Å². The number of benzene rings is 2. The molecule has 6 nitrogen and oxygen atoms in total. The number of aryl methyl sites for hydroxylation is 2. The molecule has 0 saturated heterocycles. The maximum Gasteiger partial charge on any atom is 0.573 e. The lowest BCUT2D eigenvalue weighted by atomic mass is 10.1. The van der Waals surface area contributed by atoms with Crippen LogP contribution in [0.1, 0.15) is 12.0 Å². The molecule has 1 heterocycles. The first kappa shape index (κ1) is 19.4. The number of carbonyl (C=O) groups excluding carboxylic acids is 1. The van der Waals surface area contributed by atoms with E-state index in [4.69, 9.17) is 0 Å².